The first-order valence-corrected chi connectivity index (χ1v) is 7.69. The van der Waals surface area contributed by atoms with E-state index >= 15 is 0 Å². The van der Waals surface area contributed by atoms with Crippen LogP contribution in [0.5, 0.6) is 0 Å². The van der Waals surface area contributed by atoms with Gasteiger partial charge in [-0.2, -0.15) is 0 Å². The van der Waals surface area contributed by atoms with Crippen LogP contribution in [0.25, 0.3) is 0 Å². The van der Waals surface area contributed by atoms with Crippen LogP contribution in [0.1, 0.15) is 53.9 Å². The number of rotatable bonds is 9. The molecule has 0 rings (SSSR count). The van der Waals surface area contributed by atoms with Gasteiger partial charge in [0.1, 0.15) is 0 Å². The number of nitrogens with zero attached hydrogens (tertiary/aromatic N) is 1. The van der Waals surface area contributed by atoms with E-state index in [1.54, 1.807) is 25.8 Å². The normalized spacial score (nSPS) is 13.7. The van der Waals surface area contributed by atoms with Crippen molar-refractivity contribution in [1.29, 1.82) is 0 Å². The fraction of sp³-hybridized carbons (Fsp3) is 0.812. The Morgan fingerprint density at radius 2 is 1.67 bits per heavy atom. The largest absolute Gasteiger partial charge is 0.347 e. The molecule has 0 aromatic rings. The van der Waals surface area contributed by atoms with Crippen LogP contribution >= 0.6 is 0 Å². The standard InChI is InChI=1S/C16H30N2O3/c1-11(2)8-7-9-18(6)16(21)12(3)10-15(20)13(4)17-14(5)19/h11-13H,7-10H2,1-6H3,(H,17,19). The Bertz CT molecular complexity index is 367. The number of nitrogens with one attached hydrogen (secondary N) is 1. The number of amides is 2. The van der Waals surface area contributed by atoms with Crippen LogP contribution in [-0.2, 0) is 14.4 Å². The molecule has 2 amide bonds. The summed E-state index contributed by atoms with van der Waals surface area (Å²) in [4.78, 5) is 36.7. The third kappa shape index (κ3) is 8.48. The number of Topliss-reactive ketones (excluding diaryl/α,β-unsaturated/α-hetero) is 1. The van der Waals surface area contributed by atoms with E-state index in [4.69, 9.17) is 0 Å². The lowest BCUT2D eigenvalue weighted by Gasteiger charge is -2.22. The SMILES string of the molecule is CC(=O)NC(C)C(=O)CC(C)C(=O)N(C)CCCC(C)C. The molecule has 5 heteroatoms. The molecule has 122 valence electrons. The average Bonchev–Trinajstić information content (AvgIpc) is 2.36. The number of hydrogen-bond acceptors (Lipinski definition) is 3. The second-order valence-corrected chi connectivity index (χ2v) is 6.29. The van der Waals surface area contributed by atoms with E-state index in [0.717, 1.165) is 19.4 Å². The molecule has 0 radical (unpaired) electrons. The fourth-order valence-electron chi connectivity index (χ4n) is 2.17. The van der Waals surface area contributed by atoms with E-state index in [0.29, 0.717) is 5.92 Å². The Balaban J connectivity index is 4.24. The maximum absolute atomic E-state index is 12.2. The average molecular weight is 298 g/mol. The molecule has 5 nitrogen and oxygen atoms in total. The van der Waals surface area contributed by atoms with Crippen molar-refractivity contribution in [3.05, 3.63) is 0 Å². The monoisotopic (exact) mass is 298 g/mol. The van der Waals surface area contributed by atoms with Gasteiger partial charge >= 0.3 is 0 Å². The summed E-state index contributed by atoms with van der Waals surface area (Å²) < 4.78 is 0. The first kappa shape index (κ1) is 19.6. The van der Waals surface area contributed by atoms with Crippen LogP contribution in [-0.4, -0.2) is 42.1 Å². The van der Waals surface area contributed by atoms with Crippen LogP contribution in [0.4, 0.5) is 0 Å². The molecule has 0 spiro atoms. The number of carbonyl (C=O) groups is 3. The Labute approximate surface area is 128 Å². The molecule has 0 aromatic heterocycles. The van der Waals surface area contributed by atoms with Crippen LogP contribution in [0.15, 0.2) is 0 Å². The Morgan fingerprint density at radius 1 is 1.10 bits per heavy atom. The first-order chi connectivity index (χ1) is 9.65. The van der Waals surface area contributed by atoms with Crippen molar-refractivity contribution < 1.29 is 14.4 Å². The minimum absolute atomic E-state index is 0.0119. The maximum Gasteiger partial charge on any atom is 0.225 e. The summed E-state index contributed by atoms with van der Waals surface area (Å²) >= 11 is 0. The Kier molecular flexibility index (Phi) is 8.90. The highest BCUT2D eigenvalue weighted by molar-refractivity contribution is 5.91. The first-order valence-electron chi connectivity index (χ1n) is 7.69. The zero-order chi connectivity index (χ0) is 16.6. The van der Waals surface area contributed by atoms with Crippen molar-refractivity contribution in [2.24, 2.45) is 11.8 Å². The lowest BCUT2D eigenvalue weighted by atomic mass is 9.99. The summed E-state index contributed by atoms with van der Waals surface area (Å²) in [6.07, 6.45) is 2.22. The fourth-order valence-corrected chi connectivity index (χ4v) is 2.17. The van der Waals surface area contributed by atoms with E-state index in [2.05, 4.69) is 19.2 Å². The maximum atomic E-state index is 12.2. The minimum Gasteiger partial charge on any atom is -0.347 e. The molecule has 2 unspecified atom stereocenters. The summed E-state index contributed by atoms with van der Waals surface area (Å²) in [5, 5.41) is 2.55. The molecule has 0 aliphatic heterocycles. The molecule has 0 fully saturated rings. The van der Waals surface area contributed by atoms with Crippen molar-refractivity contribution in [3.63, 3.8) is 0 Å². The lowest BCUT2D eigenvalue weighted by Crippen LogP contribution is -2.40. The van der Waals surface area contributed by atoms with Gasteiger partial charge in [0.15, 0.2) is 5.78 Å². The molecule has 0 bridgehead atoms. The summed E-state index contributed by atoms with van der Waals surface area (Å²) in [5.74, 6) is -0.0758. The van der Waals surface area contributed by atoms with Crippen LogP contribution in [0, 0.1) is 11.8 Å². The third-order valence-electron chi connectivity index (χ3n) is 3.48. The van der Waals surface area contributed by atoms with Gasteiger partial charge in [0.2, 0.25) is 11.8 Å². The van der Waals surface area contributed by atoms with E-state index < -0.39 is 6.04 Å². The van der Waals surface area contributed by atoms with Crippen molar-refractivity contribution in [1.82, 2.24) is 10.2 Å². The summed E-state index contributed by atoms with van der Waals surface area (Å²) in [7, 11) is 1.78. The van der Waals surface area contributed by atoms with Gasteiger partial charge in [-0.1, -0.05) is 20.8 Å². The molecular formula is C16H30N2O3. The molecule has 2 atom stereocenters. The van der Waals surface area contributed by atoms with Gasteiger partial charge < -0.3 is 10.2 Å². The molecule has 0 heterocycles. The van der Waals surface area contributed by atoms with Gasteiger partial charge in [-0.15, -0.1) is 0 Å². The Hall–Kier alpha value is -1.39. The molecule has 0 aliphatic rings. The highest BCUT2D eigenvalue weighted by Crippen LogP contribution is 2.11. The highest BCUT2D eigenvalue weighted by Gasteiger charge is 2.23. The van der Waals surface area contributed by atoms with E-state index in [1.807, 2.05) is 0 Å². The summed E-state index contributed by atoms with van der Waals surface area (Å²) in [6, 6.07) is -0.538. The zero-order valence-electron chi connectivity index (χ0n) is 14.2. The smallest absolute Gasteiger partial charge is 0.225 e. The number of carbonyl (C=O) groups excluding carboxylic acids is 3. The van der Waals surface area contributed by atoms with Gasteiger partial charge in [0.05, 0.1) is 6.04 Å². The van der Waals surface area contributed by atoms with Gasteiger partial charge in [-0.05, 0) is 25.7 Å². The molecule has 0 aromatic carbocycles. The topological polar surface area (TPSA) is 66.5 Å². The molecule has 1 N–H and O–H groups in total. The summed E-state index contributed by atoms with van der Waals surface area (Å²) in [5.41, 5.74) is 0. The molecule has 21 heavy (non-hydrogen) atoms. The lowest BCUT2D eigenvalue weighted by molar-refractivity contribution is -0.136. The van der Waals surface area contributed by atoms with E-state index in [9.17, 15) is 14.4 Å². The minimum atomic E-state index is -0.538. The highest BCUT2D eigenvalue weighted by atomic mass is 16.2. The van der Waals surface area contributed by atoms with Crippen LogP contribution in [0.2, 0.25) is 0 Å². The van der Waals surface area contributed by atoms with Crippen molar-refractivity contribution in [2.45, 2.75) is 59.9 Å². The van der Waals surface area contributed by atoms with Crippen molar-refractivity contribution >= 4 is 17.6 Å². The second-order valence-electron chi connectivity index (χ2n) is 6.29. The van der Waals surface area contributed by atoms with E-state index in [-0.39, 0.29) is 29.9 Å². The predicted octanol–water partition coefficient (Wildman–Crippen LogP) is 2.00. The quantitative estimate of drug-likeness (QED) is 0.708. The molecule has 0 saturated heterocycles. The molecule has 0 saturated carbocycles. The van der Waals surface area contributed by atoms with Crippen LogP contribution in [0.3, 0.4) is 0 Å². The second kappa shape index (κ2) is 9.53. The zero-order valence-corrected chi connectivity index (χ0v) is 14.2. The van der Waals surface area contributed by atoms with E-state index in [1.165, 1.54) is 6.92 Å². The number of ketones is 1. The third-order valence-corrected chi connectivity index (χ3v) is 3.48. The number of hydrogen-bond donors (Lipinski definition) is 1. The Morgan fingerprint density at radius 3 is 2.14 bits per heavy atom. The summed E-state index contributed by atoms with van der Waals surface area (Å²) in [6.45, 7) is 9.82. The van der Waals surface area contributed by atoms with Crippen LogP contribution < -0.4 is 5.32 Å². The molecular weight excluding hydrogens is 268 g/mol. The predicted molar refractivity (Wildman–Crippen MR) is 83.8 cm³/mol. The van der Waals surface area contributed by atoms with Gasteiger partial charge in [0.25, 0.3) is 0 Å². The molecule has 0 aliphatic carbocycles. The van der Waals surface area contributed by atoms with Crippen molar-refractivity contribution in [3.8, 4) is 0 Å². The van der Waals surface area contributed by atoms with Gasteiger partial charge in [-0.25, -0.2) is 0 Å². The van der Waals surface area contributed by atoms with Gasteiger partial charge in [0, 0.05) is 32.9 Å². The van der Waals surface area contributed by atoms with Crippen molar-refractivity contribution in [2.75, 3.05) is 13.6 Å². The van der Waals surface area contributed by atoms with Gasteiger partial charge in [-0.3, -0.25) is 14.4 Å².